The summed E-state index contributed by atoms with van der Waals surface area (Å²) in [6, 6.07) is 5.87. The van der Waals surface area contributed by atoms with Gasteiger partial charge in [0.2, 0.25) is 0 Å². The van der Waals surface area contributed by atoms with Gasteiger partial charge in [-0.1, -0.05) is 18.2 Å². The van der Waals surface area contributed by atoms with Gasteiger partial charge in [-0.15, -0.1) is 24.0 Å². The molecular formula is C17H27IN4O. The lowest BCUT2D eigenvalue weighted by molar-refractivity contribution is 0.570. The molecule has 0 fully saturated rings. The highest BCUT2D eigenvalue weighted by Gasteiger charge is 2.11. The summed E-state index contributed by atoms with van der Waals surface area (Å²) < 4.78 is 1.83. The number of pyridine rings is 1. The molecule has 6 heteroatoms. The van der Waals surface area contributed by atoms with Gasteiger partial charge in [-0.25, -0.2) is 0 Å². The van der Waals surface area contributed by atoms with Crippen molar-refractivity contribution >= 4 is 29.9 Å². The standard InChI is InChI=1S/C17H26N4O.HI/c1-14-8-7-11-16(22)21(14)13-6-5-12-19-17(18-2)20-15-9-3-4-10-15;/h3-4,7-8,11,15H,5-6,9-10,12-13H2,1-2H3,(H2,18,19,20);1H. The van der Waals surface area contributed by atoms with Crippen molar-refractivity contribution in [3.63, 3.8) is 0 Å². The van der Waals surface area contributed by atoms with Crippen LogP contribution in [0.15, 0.2) is 40.1 Å². The first-order chi connectivity index (χ1) is 10.7. The summed E-state index contributed by atoms with van der Waals surface area (Å²) in [6.45, 7) is 3.60. The van der Waals surface area contributed by atoms with E-state index in [0.29, 0.717) is 6.04 Å². The number of hydrogen-bond donors (Lipinski definition) is 2. The summed E-state index contributed by atoms with van der Waals surface area (Å²) in [6.07, 6.45) is 8.51. The maximum atomic E-state index is 11.8. The summed E-state index contributed by atoms with van der Waals surface area (Å²) in [4.78, 5) is 16.0. The van der Waals surface area contributed by atoms with Gasteiger partial charge in [0.25, 0.3) is 5.56 Å². The second-order valence-corrected chi connectivity index (χ2v) is 5.65. The van der Waals surface area contributed by atoms with Crippen molar-refractivity contribution in [2.45, 2.75) is 45.2 Å². The molecule has 0 radical (unpaired) electrons. The quantitative estimate of drug-likeness (QED) is 0.240. The molecule has 0 saturated carbocycles. The Hall–Kier alpha value is -1.31. The molecule has 0 bridgehead atoms. The summed E-state index contributed by atoms with van der Waals surface area (Å²) in [5.41, 5.74) is 1.10. The first-order valence-electron chi connectivity index (χ1n) is 7.99. The zero-order valence-electron chi connectivity index (χ0n) is 13.9. The third-order valence-electron chi connectivity index (χ3n) is 3.94. The van der Waals surface area contributed by atoms with Crippen molar-refractivity contribution in [2.75, 3.05) is 13.6 Å². The Morgan fingerprint density at radius 1 is 1.30 bits per heavy atom. The Morgan fingerprint density at radius 2 is 2.04 bits per heavy atom. The number of hydrogen-bond acceptors (Lipinski definition) is 2. The van der Waals surface area contributed by atoms with E-state index in [0.717, 1.165) is 50.4 Å². The molecule has 2 rings (SSSR count). The average Bonchev–Trinajstić information content (AvgIpc) is 3.01. The molecule has 1 aromatic heterocycles. The maximum Gasteiger partial charge on any atom is 0.250 e. The van der Waals surface area contributed by atoms with Crippen molar-refractivity contribution in [2.24, 2.45) is 4.99 Å². The van der Waals surface area contributed by atoms with Crippen molar-refractivity contribution in [1.29, 1.82) is 0 Å². The van der Waals surface area contributed by atoms with E-state index in [4.69, 9.17) is 0 Å². The third kappa shape index (κ3) is 6.37. The molecule has 23 heavy (non-hydrogen) atoms. The van der Waals surface area contributed by atoms with E-state index >= 15 is 0 Å². The van der Waals surface area contributed by atoms with Crippen LogP contribution in [-0.2, 0) is 6.54 Å². The zero-order valence-corrected chi connectivity index (χ0v) is 16.2. The van der Waals surface area contributed by atoms with Gasteiger partial charge >= 0.3 is 0 Å². The summed E-state index contributed by atoms with van der Waals surface area (Å²) in [5.74, 6) is 0.863. The molecule has 5 nitrogen and oxygen atoms in total. The number of aryl methyl sites for hydroxylation is 1. The fourth-order valence-electron chi connectivity index (χ4n) is 2.63. The average molecular weight is 430 g/mol. The van der Waals surface area contributed by atoms with Crippen LogP contribution in [-0.4, -0.2) is 30.2 Å². The molecule has 0 aromatic carbocycles. The molecule has 128 valence electrons. The maximum absolute atomic E-state index is 11.8. The van der Waals surface area contributed by atoms with Gasteiger partial charge in [0.1, 0.15) is 0 Å². The second-order valence-electron chi connectivity index (χ2n) is 5.65. The lowest BCUT2D eigenvalue weighted by Crippen LogP contribution is -2.42. The number of aliphatic imine (C=N–C) groups is 1. The van der Waals surface area contributed by atoms with Gasteiger partial charge in [-0.05, 0) is 38.7 Å². The Labute approximate surface area is 155 Å². The Morgan fingerprint density at radius 3 is 2.70 bits per heavy atom. The number of nitrogens with one attached hydrogen (secondary N) is 2. The van der Waals surface area contributed by atoms with E-state index in [-0.39, 0.29) is 29.5 Å². The van der Waals surface area contributed by atoms with Gasteiger partial charge in [-0.2, -0.15) is 0 Å². The van der Waals surface area contributed by atoms with Crippen LogP contribution >= 0.6 is 24.0 Å². The summed E-state index contributed by atoms with van der Waals surface area (Å²) in [5, 5.41) is 6.75. The van der Waals surface area contributed by atoms with E-state index in [2.05, 4.69) is 27.8 Å². The Balaban J connectivity index is 0.00000264. The van der Waals surface area contributed by atoms with E-state index in [1.54, 1.807) is 13.1 Å². The molecule has 0 spiro atoms. The lowest BCUT2D eigenvalue weighted by atomic mass is 10.2. The molecule has 1 aliphatic rings. The number of guanidine groups is 1. The van der Waals surface area contributed by atoms with Gasteiger partial charge in [0.05, 0.1) is 0 Å². The fraction of sp³-hybridized carbons (Fsp3) is 0.529. The first kappa shape index (κ1) is 19.7. The van der Waals surface area contributed by atoms with Crippen molar-refractivity contribution in [3.05, 3.63) is 46.4 Å². The largest absolute Gasteiger partial charge is 0.356 e. The highest BCUT2D eigenvalue weighted by molar-refractivity contribution is 14.0. The SMILES string of the molecule is CN=C(NCCCCn1c(C)cccc1=O)NC1CC=CC1.I. The van der Waals surface area contributed by atoms with Crippen LogP contribution in [0.4, 0.5) is 0 Å². The molecule has 1 aromatic rings. The highest BCUT2D eigenvalue weighted by atomic mass is 127. The van der Waals surface area contributed by atoms with Crippen LogP contribution < -0.4 is 16.2 Å². The van der Waals surface area contributed by atoms with Crippen LogP contribution in [0, 0.1) is 6.92 Å². The number of halogens is 1. The molecule has 0 aliphatic heterocycles. The first-order valence-corrected chi connectivity index (χ1v) is 7.99. The van der Waals surface area contributed by atoms with Crippen molar-refractivity contribution < 1.29 is 0 Å². The minimum Gasteiger partial charge on any atom is -0.356 e. The smallest absolute Gasteiger partial charge is 0.250 e. The van der Waals surface area contributed by atoms with E-state index in [9.17, 15) is 4.79 Å². The lowest BCUT2D eigenvalue weighted by Gasteiger charge is -2.17. The zero-order chi connectivity index (χ0) is 15.8. The molecule has 0 unspecified atom stereocenters. The van der Waals surface area contributed by atoms with Gasteiger partial charge in [-0.3, -0.25) is 9.79 Å². The molecule has 0 atom stereocenters. The molecule has 0 saturated heterocycles. The van der Waals surface area contributed by atoms with Crippen molar-refractivity contribution in [3.8, 4) is 0 Å². The van der Waals surface area contributed by atoms with Crippen molar-refractivity contribution in [1.82, 2.24) is 15.2 Å². The molecule has 0 amide bonds. The molecular weight excluding hydrogens is 403 g/mol. The normalized spacial score (nSPS) is 14.6. The predicted octanol–water partition coefficient (Wildman–Crippen LogP) is 2.44. The van der Waals surface area contributed by atoms with Crippen LogP contribution in [0.25, 0.3) is 0 Å². The Bertz CT molecular complexity index is 587. The van der Waals surface area contributed by atoms with Crippen LogP contribution in [0.1, 0.15) is 31.4 Å². The van der Waals surface area contributed by atoms with Gasteiger partial charge in [0, 0.05) is 37.9 Å². The fourth-order valence-corrected chi connectivity index (χ4v) is 2.63. The molecule has 1 heterocycles. The second kappa shape index (κ2) is 10.5. The van der Waals surface area contributed by atoms with E-state index < -0.39 is 0 Å². The minimum atomic E-state index is 0. The van der Waals surface area contributed by atoms with Crippen LogP contribution in [0.2, 0.25) is 0 Å². The minimum absolute atomic E-state index is 0. The van der Waals surface area contributed by atoms with Crippen LogP contribution in [0.3, 0.4) is 0 Å². The van der Waals surface area contributed by atoms with Crippen LogP contribution in [0.5, 0.6) is 0 Å². The molecule has 2 N–H and O–H groups in total. The Kier molecular flexibility index (Phi) is 8.98. The van der Waals surface area contributed by atoms with Gasteiger partial charge < -0.3 is 15.2 Å². The predicted molar refractivity (Wildman–Crippen MR) is 107 cm³/mol. The monoisotopic (exact) mass is 430 g/mol. The number of aromatic nitrogens is 1. The summed E-state index contributed by atoms with van der Waals surface area (Å²) >= 11 is 0. The number of rotatable bonds is 6. The summed E-state index contributed by atoms with van der Waals surface area (Å²) in [7, 11) is 1.80. The third-order valence-corrected chi connectivity index (χ3v) is 3.94. The highest BCUT2D eigenvalue weighted by Crippen LogP contribution is 2.08. The topological polar surface area (TPSA) is 58.4 Å². The number of nitrogens with zero attached hydrogens (tertiary/aromatic N) is 2. The number of unbranched alkanes of at least 4 members (excludes halogenated alkanes) is 1. The van der Waals surface area contributed by atoms with Gasteiger partial charge in [0.15, 0.2) is 5.96 Å². The van der Waals surface area contributed by atoms with E-state index in [1.807, 2.05) is 23.6 Å². The van der Waals surface area contributed by atoms with E-state index in [1.165, 1.54) is 0 Å². The molecule has 1 aliphatic carbocycles.